The number of carbonyl (C=O) groups excluding carboxylic acids is 1. The molecule has 0 N–H and O–H groups in total. The number of benzene rings is 2. The van der Waals surface area contributed by atoms with Gasteiger partial charge in [0.2, 0.25) is 0 Å². The standard InChI is InChI=1S/C14H13O3/c1-11(15)16-9-10-17-14-8-4-6-12-5-2-3-7-13(12)14/h2-8H,1,9-10H2. The molecule has 0 aliphatic carbocycles. The van der Waals surface area contributed by atoms with Crippen LogP contribution in [-0.4, -0.2) is 19.2 Å². The Morgan fingerprint density at radius 3 is 2.65 bits per heavy atom. The van der Waals surface area contributed by atoms with E-state index in [0.717, 1.165) is 16.5 Å². The largest absolute Gasteiger partial charge is 0.489 e. The third-order valence-electron chi connectivity index (χ3n) is 2.35. The van der Waals surface area contributed by atoms with Gasteiger partial charge in [0.25, 0.3) is 0 Å². The number of carbonyl (C=O) groups is 1. The third-order valence-corrected chi connectivity index (χ3v) is 2.35. The maximum absolute atomic E-state index is 10.5. The van der Waals surface area contributed by atoms with Gasteiger partial charge >= 0.3 is 5.97 Å². The first kappa shape index (κ1) is 11.5. The molecule has 0 fully saturated rings. The second-order valence-electron chi connectivity index (χ2n) is 3.55. The van der Waals surface area contributed by atoms with Gasteiger partial charge in [-0.05, 0) is 11.5 Å². The van der Waals surface area contributed by atoms with E-state index in [1.807, 2.05) is 42.5 Å². The van der Waals surface area contributed by atoms with Crippen LogP contribution in [0, 0.1) is 6.92 Å². The quantitative estimate of drug-likeness (QED) is 0.597. The van der Waals surface area contributed by atoms with Crippen LogP contribution in [0.5, 0.6) is 5.75 Å². The van der Waals surface area contributed by atoms with Crippen molar-refractivity contribution in [2.45, 2.75) is 0 Å². The Morgan fingerprint density at radius 2 is 1.82 bits per heavy atom. The van der Waals surface area contributed by atoms with Crippen LogP contribution in [-0.2, 0) is 9.53 Å². The monoisotopic (exact) mass is 229 g/mol. The van der Waals surface area contributed by atoms with Gasteiger partial charge in [-0.15, -0.1) is 0 Å². The summed E-state index contributed by atoms with van der Waals surface area (Å²) in [7, 11) is 0. The molecule has 0 saturated heterocycles. The highest BCUT2D eigenvalue weighted by Gasteiger charge is 2.01. The third kappa shape index (κ3) is 2.97. The zero-order chi connectivity index (χ0) is 12.1. The summed E-state index contributed by atoms with van der Waals surface area (Å²) in [6.07, 6.45) is 0. The first-order valence-electron chi connectivity index (χ1n) is 5.36. The van der Waals surface area contributed by atoms with Crippen LogP contribution in [0.25, 0.3) is 10.8 Å². The van der Waals surface area contributed by atoms with Crippen LogP contribution in [0.4, 0.5) is 0 Å². The van der Waals surface area contributed by atoms with Crippen LogP contribution in [0.15, 0.2) is 42.5 Å². The highest BCUT2D eigenvalue weighted by atomic mass is 16.6. The molecule has 3 heteroatoms. The van der Waals surface area contributed by atoms with Gasteiger partial charge in [-0.25, -0.2) is 0 Å². The summed E-state index contributed by atoms with van der Waals surface area (Å²) in [5.74, 6) is 0.259. The Labute approximate surface area is 100.0 Å². The average Bonchev–Trinajstić information content (AvgIpc) is 2.34. The Kier molecular flexibility index (Phi) is 3.60. The second-order valence-corrected chi connectivity index (χ2v) is 3.55. The van der Waals surface area contributed by atoms with E-state index in [0.29, 0.717) is 6.61 Å². The van der Waals surface area contributed by atoms with Crippen molar-refractivity contribution in [3.8, 4) is 5.75 Å². The lowest BCUT2D eigenvalue weighted by Gasteiger charge is -2.09. The van der Waals surface area contributed by atoms with Gasteiger partial charge in [0.15, 0.2) is 0 Å². The van der Waals surface area contributed by atoms with E-state index < -0.39 is 5.97 Å². The fourth-order valence-corrected chi connectivity index (χ4v) is 1.63. The van der Waals surface area contributed by atoms with E-state index in [-0.39, 0.29) is 6.61 Å². The minimum atomic E-state index is -0.536. The van der Waals surface area contributed by atoms with Gasteiger partial charge in [-0.3, -0.25) is 4.79 Å². The molecule has 0 aromatic heterocycles. The van der Waals surface area contributed by atoms with Gasteiger partial charge < -0.3 is 9.47 Å². The summed E-state index contributed by atoms with van der Waals surface area (Å²) >= 11 is 0. The summed E-state index contributed by atoms with van der Waals surface area (Å²) in [6.45, 7) is 3.66. The summed E-state index contributed by atoms with van der Waals surface area (Å²) < 4.78 is 10.3. The molecule has 0 amide bonds. The van der Waals surface area contributed by atoms with E-state index in [1.165, 1.54) is 0 Å². The van der Waals surface area contributed by atoms with Crippen LogP contribution in [0.3, 0.4) is 0 Å². The van der Waals surface area contributed by atoms with Gasteiger partial charge in [0.1, 0.15) is 19.0 Å². The van der Waals surface area contributed by atoms with Gasteiger partial charge in [-0.1, -0.05) is 36.4 Å². The summed E-state index contributed by atoms with van der Waals surface area (Å²) in [5, 5.41) is 2.18. The van der Waals surface area contributed by atoms with Gasteiger partial charge in [0.05, 0.1) is 6.92 Å². The number of hydrogen-bond donors (Lipinski definition) is 0. The van der Waals surface area contributed by atoms with Crippen LogP contribution in [0.1, 0.15) is 0 Å². The molecule has 3 nitrogen and oxygen atoms in total. The van der Waals surface area contributed by atoms with Crippen LogP contribution >= 0.6 is 0 Å². The topological polar surface area (TPSA) is 35.5 Å². The predicted molar refractivity (Wildman–Crippen MR) is 65.8 cm³/mol. The van der Waals surface area contributed by atoms with Gasteiger partial charge in [0, 0.05) is 5.39 Å². The van der Waals surface area contributed by atoms with Crippen LogP contribution < -0.4 is 4.74 Å². The van der Waals surface area contributed by atoms with E-state index in [4.69, 9.17) is 9.47 Å². The van der Waals surface area contributed by atoms with Gasteiger partial charge in [-0.2, -0.15) is 0 Å². The zero-order valence-corrected chi connectivity index (χ0v) is 9.39. The molecule has 0 bridgehead atoms. The Balaban J connectivity index is 2.05. The maximum atomic E-state index is 10.5. The smallest absolute Gasteiger partial charge is 0.306 e. The van der Waals surface area contributed by atoms with E-state index in [2.05, 4.69) is 6.92 Å². The normalized spacial score (nSPS) is 10.2. The number of rotatable bonds is 4. The Morgan fingerprint density at radius 1 is 1.06 bits per heavy atom. The van der Waals surface area contributed by atoms with Crippen LogP contribution in [0.2, 0.25) is 0 Å². The molecule has 0 saturated carbocycles. The van der Waals surface area contributed by atoms with Crippen molar-refractivity contribution in [2.24, 2.45) is 0 Å². The van der Waals surface area contributed by atoms with Crippen molar-refractivity contribution in [1.29, 1.82) is 0 Å². The highest BCUT2D eigenvalue weighted by Crippen LogP contribution is 2.24. The Hall–Kier alpha value is -2.03. The predicted octanol–water partition coefficient (Wildman–Crippen LogP) is 2.60. The molecule has 0 aliphatic rings. The molecule has 0 heterocycles. The molecule has 0 atom stereocenters. The lowest BCUT2D eigenvalue weighted by Crippen LogP contribution is -2.09. The Bertz CT molecular complexity index is 514. The van der Waals surface area contributed by atoms with E-state index in [1.54, 1.807) is 0 Å². The SMILES string of the molecule is [CH2]C(=O)OCCOc1cccc2ccccc12. The molecule has 2 rings (SSSR count). The first-order valence-corrected chi connectivity index (χ1v) is 5.36. The summed E-state index contributed by atoms with van der Waals surface area (Å²) in [6, 6.07) is 13.8. The number of esters is 1. The highest BCUT2D eigenvalue weighted by molar-refractivity contribution is 5.88. The molecule has 87 valence electrons. The minimum Gasteiger partial charge on any atom is -0.489 e. The lowest BCUT2D eigenvalue weighted by atomic mass is 10.1. The maximum Gasteiger partial charge on any atom is 0.306 e. The van der Waals surface area contributed by atoms with Crippen molar-refractivity contribution in [1.82, 2.24) is 0 Å². The van der Waals surface area contributed by atoms with Crippen molar-refractivity contribution in [2.75, 3.05) is 13.2 Å². The van der Waals surface area contributed by atoms with Crippen molar-refractivity contribution in [3.05, 3.63) is 49.4 Å². The fraction of sp³-hybridized carbons (Fsp3) is 0.143. The van der Waals surface area contributed by atoms with E-state index >= 15 is 0 Å². The number of fused-ring (bicyclic) bond motifs is 1. The molecule has 2 aromatic rings. The molecular weight excluding hydrogens is 216 g/mol. The first-order chi connectivity index (χ1) is 8.27. The number of ether oxygens (including phenoxy) is 2. The summed E-state index contributed by atoms with van der Waals surface area (Å²) in [5.41, 5.74) is 0. The fourth-order valence-electron chi connectivity index (χ4n) is 1.63. The molecule has 0 unspecified atom stereocenters. The molecule has 0 aliphatic heterocycles. The van der Waals surface area contributed by atoms with E-state index in [9.17, 15) is 4.79 Å². The molecule has 1 radical (unpaired) electrons. The molecular formula is C14H13O3. The molecule has 0 spiro atoms. The summed E-state index contributed by atoms with van der Waals surface area (Å²) in [4.78, 5) is 10.5. The zero-order valence-electron chi connectivity index (χ0n) is 9.39. The van der Waals surface area contributed by atoms with Crippen molar-refractivity contribution in [3.63, 3.8) is 0 Å². The average molecular weight is 229 g/mol. The number of hydrogen-bond acceptors (Lipinski definition) is 3. The lowest BCUT2D eigenvalue weighted by molar-refractivity contribution is -0.138. The second kappa shape index (κ2) is 5.34. The molecule has 2 aromatic carbocycles. The van der Waals surface area contributed by atoms with Crippen molar-refractivity contribution < 1.29 is 14.3 Å². The minimum absolute atomic E-state index is 0.214. The van der Waals surface area contributed by atoms with Crippen molar-refractivity contribution >= 4 is 16.7 Å². The molecule has 17 heavy (non-hydrogen) atoms.